The monoisotopic (exact) mass is 517 g/mol. The molecule has 0 aliphatic carbocycles. The first kappa shape index (κ1) is 26.6. The number of carbonyl (C=O) groups excluding carboxylic acids is 1. The van der Waals surface area contributed by atoms with Gasteiger partial charge in [0.25, 0.3) is 0 Å². The van der Waals surface area contributed by atoms with Gasteiger partial charge >= 0.3 is 7.12 Å². The number of β-lactam (4-membered cyclic amide) rings is 1. The molecule has 2 aliphatic rings. The first-order chi connectivity index (χ1) is 18.0. The maximum Gasteiger partial charge on any atom is 0.494 e. The molecule has 0 bridgehead atoms. The van der Waals surface area contributed by atoms with Crippen molar-refractivity contribution in [3.8, 4) is 0 Å². The molecule has 7 heteroatoms. The second-order valence-corrected chi connectivity index (χ2v) is 11.5. The van der Waals surface area contributed by atoms with Crippen molar-refractivity contribution in [2.75, 3.05) is 4.90 Å². The zero-order valence-electron chi connectivity index (χ0n) is 22.6. The van der Waals surface area contributed by atoms with Gasteiger partial charge in [0.05, 0.1) is 23.2 Å². The van der Waals surface area contributed by atoms with Crippen molar-refractivity contribution in [1.29, 1.82) is 0 Å². The molecule has 0 N–H and O–H groups in total. The van der Waals surface area contributed by atoms with Gasteiger partial charge in [0.15, 0.2) is 0 Å². The number of carbonyl (C=O) groups is 1. The number of rotatable bonds is 7. The van der Waals surface area contributed by atoms with Gasteiger partial charge in [0.2, 0.25) is 5.91 Å². The van der Waals surface area contributed by atoms with Gasteiger partial charge in [-0.3, -0.25) is 4.79 Å². The molecule has 3 unspecified atom stereocenters. The summed E-state index contributed by atoms with van der Waals surface area (Å²) in [5, 5.41) is 0. The molecule has 38 heavy (non-hydrogen) atoms. The van der Waals surface area contributed by atoms with Gasteiger partial charge < -0.3 is 14.2 Å². The lowest BCUT2D eigenvalue weighted by molar-refractivity contribution is -0.130. The molecule has 0 radical (unpaired) electrons. The highest BCUT2D eigenvalue weighted by atomic mass is 19.1. The molecule has 3 aromatic carbocycles. The van der Waals surface area contributed by atoms with Gasteiger partial charge in [0.1, 0.15) is 11.6 Å². The minimum Gasteiger partial charge on any atom is -0.399 e. The normalized spacial score (nSPS) is 22.9. The lowest BCUT2D eigenvalue weighted by atomic mass is 9.75. The van der Waals surface area contributed by atoms with E-state index >= 15 is 0 Å². The largest absolute Gasteiger partial charge is 0.494 e. The molecule has 2 heterocycles. The zero-order chi connectivity index (χ0) is 27.2. The summed E-state index contributed by atoms with van der Waals surface area (Å²) >= 11 is 0. The molecule has 0 saturated carbocycles. The van der Waals surface area contributed by atoms with Gasteiger partial charge in [0, 0.05) is 5.69 Å². The van der Waals surface area contributed by atoms with E-state index in [1.54, 1.807) is 29.2 Å². The molecular weight excluding hydrogens is 483 g/mol. The van der Waals surface area contributed by atoms with E-state index in [0.29, 0.717) is 12.1 Å². The van der Waals surface area contributed by atoms with Crippen LogP contribution in [0.1, 0.15) is 70.5 Å². The summed E-state index contributed by atoms with van der Waals surface area (Å²) in [7, 11) is -0.461. The first-order valence-electron chi connectivity index (χ1n) is 13.3. The number of halogens is 2. The van der Waals surface area contributed by atoms with Crippen LogP contribution in [-0.2, 0) is 14.1 Å². The van der Waals surface area contributed by atoms with Crippen LogP contribution in [0.4, 0.5) is 14.5 Å². The number of anilines is 1. The van der Waals surface area contributed by atoms with Crippen LogP contribution >= 0.6 is 0 Å². The molecule has 0 aromatic heterocycles. The lowest BCUT2D eigenvalue weighted by Crippen LogP contribution is -2.55. The van der Waals surface area contributed by atoms with E-state index in [9.17, 15) is 13.6 Å². The molecule has 2 aliphatic heterocycles. The Morgan fingerprint density at radius 3 is 1.92 bits per heavy atom. The van der Waals surface area contributed by atoms with Crippen LogP contribution in [0.2, 0.25) is 0 Å². The van der Waals surface area contributed by atoms with Crippen LogP contribution in [0, 0.1) is 17.6 Å². The molecule has 3 atom stereocenters. The van der Waals surface area contributed by atoms with Crippen molar-refractivity contribution < 1.29 is 22.9 Å². The molecule has 2 fully saturated rings. The number of hydrogen-bond acceptors (Lipinski definition) is 3. The summed E-state index contributed by atoms with van der Waals surface area (Å²) in [4.78, 5) is 15.1. The van der Waals surface area contributed by atoms with Crippen LogP contribution in [0.3, 0.4) is 0 Å². The average Bonchev–Trinajstić information content (AvgIpc) is 3.10. The summed E-state index contributed by atoms with van der Waals surface area (Å²) in [5.74, 6) is -0.577. The highest BCUT2D eigenvalue weighted by Crippen LogP contribution is 2.46. The number of hydrogen-bond donors (Lipinski definition) is 0. The van der Waals surface area contributed by atoms with E-state index in [4.69, 9.17) is 9.31 Å². The SMILES string of the molecule is CC(CCC1C(=O)N(c2ccc(F)cc2)C1c1ccc(B2OC(C)(C)C(C)(C)O2)cc1)c1ccc(F)cc1. The van der Waals surface area contributed by atoms with Crippen molar-refractivity contribution in [3.63, 3.8) is 0 Å². The maximum absolute atomic E-state index is 13.6. The Morgan fingerprint density at radius 2 is 1.37 bits per heavy atom. The fraction of sp³-hybridized carbons (Fsp3) is 0.387. The van der Waals surface area contributed by atoms with Crippen molar-refractivity contribution >= 4 is 24.2 Å². The van der Waals surface area contributed by atoms with E-state index < -0.39 is 18.3 Å². The average molecular weight is 517 g/mol. The minimum absolute atomic E-state index is 0.0305. The van der Waals surface area contributed by atoms with Gasteiger partial charge in [-0.05, 0) is 99.4 Å². The van der Waals surface area contributed by atoms with Gasteiger partial charge in [-0.1, -0.05) is 43.3 Å². The predicted molar refractivity (Wildman–Crippen MR) is 146 cm³/mol. The molecule has 0 spiro atoms. The van der Waals surface area contributed by atoms with E-state index in [-0.39, 0.29) is 35.4 Å². The van der Waals surface area contributed by atoms with E-state index in [1.165, 1.54) is 24.3 Å². The van der Waals surface area contributed by atoms with Crippen molar-refractivity contribution in [1.82, 2.24) is 0 Å². The van der Waals surface area contributed by atoms with Crippen LogP contribution in [0.5, 0.6) is 0 Å². The molecule has 4 nitrogen and oxygen atoms in total. The number of benzene rings is 3. The summed E-state index contributed by atoms with van der Waals surface area (Å²) < 4.78 is 39.4. The van der Waals surface area contributed by atoms with Crippen molar-refractivity contribution in [3.05, 3.63) is 95.6 Å². The summed E-state index contributed by atoms with van der Waals surface area (Å²) in [5.41, 5.74) is 2.81. The smallest absolute Gasteiger partial charge is 0.399 e. The predicted octanol–water partition coefficient (Wildman–Crippen LogP) is 6.55. The second kappa shape index (κ2) is 9.94. The van der Waals surface area contributed by atoms with Crippen LogP contribution in [0.15, 0.2) is 72.8 Å². The topological polar surface area (TPSA) is 38.8 Å². The maximum atomic E-state index is 13.6. The van der Waals surface area contributed by atoms with Gasteiger partial charge in [-0.25, -0.2) is 8.78 Å². The Kier molecular flexibility index (Phi) is 6.95. The Labute approximate surface area is 224 Å². The van der Waals surface area contributed by atoms with E-state index in [0.717, 1.165) is 23.0 Å². The quantitative estimate of drug-likeness (QED) is 0.264. The minimum atomic E-state index is -0.461. The highest BCUT2D eigenvalue weighted by Gasteiger charge is 2.52. The molecule has 2 saturated heterocycles. The van der Waals surface area contributed by atoms with E-state index in [1.807, 2.05) is 52.0 Å². The van der Waals surface area contributed by atoms with Crippen LogP contribution in [0.25, 0.3) is 0 Å². The van der Waals surface area contributed by atoms with Gasteiger partial charge in [-0.2, -0.15) is 0 Å². The van der Waals surface area contributed by atoms with Gasteiger partial charge in [-0.15, -0.1) is 0 Å². The van der Waals surface area contributed by atoms with Crippen LogP contribution in [-0.4, -0.2) is 24.2 Å². The molecule has 198 valence electrons. The Hall–Kier alpha value is -3.03. The highest BCUT2D eigenvalue weighted by molar-refractivity contribution is 6.62. The molecule has 5 rings (SSSR count). The molecular formula is C31H34BF2NO3. The Bertz CT molecular complexity index is 1280. The summed E-state index contributed by atoms with van der Waals surface area (Å²) in [6.07, 6.45) is 1.49. The summed E-state index contributed by atoms with van der Waals surface area (Å²) in [6, 6.07) is 20.5. The second-order valence-electron chi connectivity index (χ2n) is 11.5. The number of amides is 1. The lowest BCUT2D eigenvalue weighted by Gasteiger charge is -2.48. The van der Waals surface area contributed by atoms with E-state index in [2.05, 4.69) is 6.92 Å². The third-order valence-corrected chi connectivity index (χ3v) is 8.47. The molecule has 3 aromatic rings. The Morgan fingerprint density at radius 1 is 0.842 bits per heavy atom. The third kappa shape index (κ3) is 4.90. The standard InChI is InChI=1S/C31H34BF2NO3/c1-20(21-9-13-24(33)14-10-21)6-19-27-28(35(29(27)36)26-17-15-25(34)16-18-26)22-7-11-23(12-8-22)32-37-30(2,3)31(4,5)38-32/h7-18,20,27-28H,6,19H2,1-5H3. The first-order valence-corrected chi connectivity index (χ1v) is 13.3. The third-order valence-electron chi connectivity index (χ3n) is 8.47. The fourth-order valence-corrected chi connectivity index (χ4v) is 5.32. The van der Waals surface area contributed by atoms with Crippen LogP contribution < -0.4 is 10.4 Å². The summed E-state index contributed by atoms with van der Waals surface area (Å²) in [6.45, 7) is 10.2. The molecule has 1 amide bonds. The van der Waals surface area contributed by atoms with Crippen molar-refractivity contribution in [2.24, 2.45) is 5.92 Å². The Balaban J connectivity index is 1.37. The fourth-order valence-electron chi connectivity index (χ4n) is 5.32. The van der Waals surface area contributed by atoms with Crippen molar-refractivity contribution in [2.45, 2.75) is 70.6 Å². The zero-order valence-corrected chi connectivity index (χ0v) is 22.6. The number of nitrogens with zero attached hydrogens (tertiary/aromatic N) is 1.